The normalized spacial score (nSPS) is 12.3. The van der Waals surface area contributed by atoms with Gasteiger partial charge in [-0.05, 0) is 28.5 Å². The minimum absolute atomic E-state index is 0.684. The summed E-state index contributed by atoms with van der Waals surface area (Å²) in [6, 6.07) is 21.6. The second-order valence-corrected chi connectivity index (χ2v) is 4.75. The third kappa shape index (κ3) is 2.26. The Morgan fingerprint density at radius 3 is 2.10 bits per heavy atom. The molecule has 0 aliphatic rings. The molecule has 0 saturated carbocycles. The first-order valence-electron chi connectivity index (χ1n) is 6.59. The lowest BCUT2D eigenvalue weighted by molar-refractivity contribution is 0.215. The van der Waals surface area contributed by atoms with Crippen molar-refractivity contribution in [2.75, 3.05) is 7.11 Å². The van der Waals surface area contributed by atoms with Crippen LogP contribution in [-0.4, -0.2) is 12.2 Å². The summed E-state index contributed by atoms with van der Waals surface area (Å²) in [6.07, 6.45) is -0.684. The zero-order valence-corrected chi connectivity index (χ0v) is 11.3. The van der Waals surface area contributed by atoms with Crippen LogP contribution in [0.3, 0.4) is 0 Å². The summed E-state index contributed by atoms with van der Waals surface area (Å²) in [4.78, 5) is 0. The van der Waals surface area contributed by atoms with Crippen LogP contribution >= 0.6 is 0 Å². The van der Waals surface area contributed by atoms with Gasteiger partial charge in [-0.3, -0.25) is 0 Å². The van der Waals surface area contributed by atoms with Gasteiger partial charge in [-0.1, -0.05) is 54.6 Å². The SMILES string of the molecule is COc1cc2ccccc2cc1C(O)c1ccccc1. The highest BCUT2D eigenvalue weighted by Crippen LogP contribution is 2.33. The zero-order chi connectivity index (χ0) is 13.9. The number of fused-ring (bicyclic) bond motifs is 1. The van der Waals surface area contributed by atoms with Gasteiger partial charge >= 0.3 is 0 Å². The Labute approximate surface area is 118 Å². The fourth-order valence-corrected chi connectivity index (χ4v) is 2.44. The van der Waals surface area contributed by atoms with Crippen LogP contribution in [0.2, 0.25) is 0 Å². The molecule has 2 nitrogen and oxygen atoms in total. The molecule has 3 aromatic carbocycles. The molecular weight excluding hydrogens is 248 g/mol. The fraction of sp³-hybridized carbons (Fsp3) is 0.111. The summed E-state index contributed by atoms with van der Waals surface area (Å²) in [5.41, 5.74) is 1.65. The first kappa shape index (κ1) is 12.7. The highest BCUT2D eigenvalue weighted by atomic mass is 16.5. The van der Waals surface area contributed by atoms with Crippen molar-refractivity contribution >= 4 is 10.8 Å². The molecule has 0 aliphatic carbocycles. The van der Waals surface area contributed by atoms with Crippen LogP contribution in [0, 0.1) is 0 Å². The predicted molar refractivity (Wildman–Crippen MR) is 81.0 cm³/mol. The third-order valence-corrected chi connectivity index (χ3v) is 3.51. The van der Waals surface area contributed by atoms with Crippen molar-refractivity contribution < 1.29 is 9.84 Å². The molecule has 100 valence electrons. The van der Waals surface area contributed by atoms with Crippen molar-refractivity contribution in [1.29, 1.82) is 0 Å². The van der Waals surface area contributed by atoms with Gasteiger partial charge in [0.1, 0.15) is 11.9 Å². The maximum absolute atomic E-state index is 10.6. The number of rotatable bonds is 3. The van der Waals surface area contributed by atoms with Gasteiger partial charge < -0.3 is 9.84 Å². The summed E-state index contributed by atoms with van der Waals surface area (Å²) < 4.78 is 5.44. The van der Waals surface area contributed by atoms with E-state index in [4.69, 9.17) is 4.74 Å². The monoisotopic (exact) mass is 264 g/mol. The van der Waals surface area contributed by atoms with E-state index < -0.39 is 6.10 Å². The predicted octanol–water partition coefficient (Wildman–Crippen LogP) is 3.93. The maximum Gasteiger partial charge on any atom is 0.125 e. The van der Waals surface area contributed by atoms with E-state index in [9.17, 15) is 5.11 Å². The largest absolute Gasteiger partial charge is 0.496 e. The van der Waals surface area contributed by atoms with E-state index in [1.165, 1.54) is 0 Å². The smallest absolute Gasteiger partial charge is 0.125 e. The Morgan fingerprint density at radius 1 is 0.850 bits per heavy atom. The van der Waals surface area contributed by atoms with Gasteiger partial charge in [0.25, 0.3) is 0 Å². The van der Waals surface area contributed by atoms with Crippen molar-refractivity contribution in [2.24, 2.45) is 0 Å². The number of benzene rings is 3. The molecule has 0 heterocycles. The lowest BCUT2D eigenvalue weighted by Crippen LogP contribution is -2.02. The van der Waals surface area contributed by atoms with E-state index in [1.54, 1.807) is 7.11 Å². The highest BCUT2D eigenvalue weighted by molar-refractivity contribution is 5.85. The summed E-state index contributed by atoms with van der Waals surface area (Å²) in [7, 11) is 1.63. The van der Waals surface area contributed by atoms with Crippen molar-refractivity contribution in [1.82, 2.24) is 0 Å². The first-order valence-corrected chi connectivity index (χ1v) is 6.59. The molecule has 0 bridgehead atoms. The van der Waals surface area contributed by atoms with Crippen LogP contribution in [-0.2, 0) is 0 Å². The van der Waals surface area contributed by atoms with Gasteiger partial charge in [-0.2, -0.15) is 0 Å². The van der Waals surface area contributed by atoms with Gasteiger partial charge in [-0.25, -0.2) is 0 Å². The lowest BCUT2D eigenvalue weighted by Gasteiger charge is -2.16. The molecule has 3 rings (SSSR count). The van der Waals surface area contributed by atoms with Crippen molar-refractivity contribution in [3.05, 3.63) is 77.9 Å². The van der Waals surface area contributed by atoms with Gasteiger partial charge in [0, 0.05) is 5.56 Å². The average molecular weight is 264 g/mol. The van der Waals surface area contributed by atoms with Gasteiger partial charge in [0.2, 0.25) is 0 Å². The topological polar surface area (TPSA) is 29.5 Å². The Balaban J connectivity index is 2.14. The molecule has 0 radical (unpaired) electrons. The average Bonchev–Trinajstić information content (AvgIpc) is 2.53. The first-order chi connectivity index (χ1) is 9.79. The zero-order valence-electron chi connectivity index (χ0n) is 11.3. The van der Waals surface area contributed by atoms with Crippen molar-refractivity contribution in [2.45, 2.75) is 6.10 Å². The molecule has 1 unspecified atom stereocenters. The lowest BCUT2D eigenvalue weighted by atomic mass is 9.97. The molecule has 0 fully saturated rings. The summed E-state index contributed by atoms with van der Waals surface area (Å²) in [6.45, 7) is 0. The number of aliphatic hydroxyl groups excluding tert-OH is 1. The quantitative estimate of drug-likeness (QED) is 0.776. The minimum atomic E-state index is -0.684. The number of hydrogen-bond acceptors (Lipinski definition) is 2. The van der Waals surface area contributed by atoms with E-state index in [0.29, 0.717) is 5.75 Å². The molecule has 1 N–H and O–H groups in total. The van der Waals surface area contributed by atoms with Crippen molar-refractivity contribution in [3.8, 4) is 5.75 Å². The number of hydrogen-bond donors (Lipinski definition) is 1. The van der Waals surface area contributed by atoms with Gasteiger partial charge in [0.05, 0.1) is 7.11 Å². The van der Waals surface area contributed by atoms with Gasteiger partial charge in [-0.15, -0.1) is 0 Å². The highest BCUT2D eigenvalue weighted by Gasteiger charge is 2.16. The van der Waals surface area contributed by atoms with Gasteiger partial charge in [0.15, 0.2) is 0 Å². The molecular formula is C18H16O2. The third-order valence-electron chi connectivity index (χ3n) is 3.51. The van der Waals surface area contributed by atoms with Crippen LogP contribution < -0.4 is 4.74 Å². The molecule has 20 heavy (non-hydrogen) atoms. The molecule has 0 saturated heterocycles. The standard InChI is InChI=1S/C18H16O2/c1-20-17-12-15-10-6-5-9-14(15)11-16(17)18(19)13-7-3-2-4-8-13/h2-12,18-19H,1H3. The van der Waals surface area contributed by atoms with E-state index in [2.05, 4.69) is 0 Å². The molecule has 0 spiro atoms. The minimum Gasteiger partial charge on any atom is -0.496 e. The number of methoxy groups -OCH3 is 1. The van der Waals surface area contributed by atoms with Crippen molar-refractivity contribution in [3.63, 3.8) is 0 Å². The maximum atomic E-state index is 10.6. The van der Waals surface area contributed by atoms with Crippen LogP contribution in [0.5, 0.6) is 5.75 Å². The second kappa shape index (κ2) is 5.35. The van der Waals surface area contributed by atoms with E-state index >= 15 is 0 Å². The van der Waals surface area contributed by atoms with E-state index in [0.717, 1.165) is 21.9 Å². The summed E-state index contributed by atoms with van der Waals surface area (Å²) in [5, 5.41) is 12.8. The fourth-order valence-electron chi connectivity index (χ4n) is 2.44. The number of aliphatic hydroxyl groups is 1. The molecule has 1 atom stereocenters. The Morgan fingerprint density at radius 2 is 1.45 bits per heavy atom. The Kier molecular flexibility index (Phi) is 3.40. The number of ether oxygens (including phenoxy) is 1. The molecule has 3 aromatic rings. The summed E-state index contributed by atoms with van der Waals surface area (Å²) in [5.74, 6) is 0.708. The summed E-state index contributed by atoms with van der Waals surface area (Å²) >= 11 is 0. The molecule has 0 aromatic heterocycles. The second-order valence-electron chi connectivity index (χ2n) is 4.75. The van der Waals surface area contributed by atoms with Crippen LogP contribution in [0.25, 0.3) is 10.8 Å². The Hall–Kier alpha value is -2.32. The molecule has 0 aliphatic heterocycles. The van der Waals surface area contributed by atoms with Crippen LogP contribution in [0.4, 0.5) is 0 Å². The van der Waals surface area contributed by atoms with E-state index in [1.807, 2.05) is 66.7 Å². The van der Waals surface area contributed by atoms with Crippen LogP contribution in [0.15, 0.2) is 66.7 Å². The molecule has 0 amide bonds. The van der Waals surface area contributed by atoms with E-state index in [-0.39, 0.29) is 0 Å². The van der Waals surface area contributed by atoms with Crippen LogP contribution in [0.1, 0.15) is 17.2 Å². The Bertz CT molecular complexity index is 720. The molecule has 2 heteroatoms.